The zero-order valence-corrected chi connectivity index (χ0v) is 10.2. The first-order valence-corrected chi connectivity index (χ1v) is 5.98. The molecular weight excluding hydrogens is 184 g/mol. The van der Waals surface area contributed by atoms with Crippen LogP contribution in [0.1, 0.15) is 44.2 Å². The van der Waals surface area contributed by atoms with Gasteiger partial charge in [0.15, 0.2) is 0 Å². The van der Waals surface area contributed by atoms with Crippen molar-refractivity contribution in [2.75, 3.05) is 7.11 Å². The molecule has 0 amide bonds. The molecule has 1 nitrogen and oxygen atoms in total. The van der Waals surface area contributed by atoms with Crippen LogP contribution >= 0.6 is 0 Å². The van der Waals surface area contributed by atoms with Crippen molar-refractivity contribution in [3.63, 3.8) is 0 Å². The standard InChI is InChI=1S/C14H22O/c1-4-6-7-10-13-12(5-2)9-8-11-14(13)15-3/h8-9,11H,4-7,10H2,1-3H3. The molecule has 0 saturated carbocycles. The molecule has 0 aromatic heterocycles. The Bertz CT molecular complexity index is 269. The first-order valence-electron chi connectivity index (χ1n) is 5.98. The Labute approximate surface area is 93.5 Å². The van der Waals surface area contributed by atoms with Gasteiger partial charge in [-0.05, 0) is 36.5 Å². The molecule has 1 rings (SSSR count). The van der Waals surface area contributed by atoms with Gasteiger partial charge in [0.2, 0.25) is 0 Å². The van der Waals surface area contributed by atoms with E-state index in [1.807, 2.05) is 0 Å². The quantitative estimate of drug-likeness (QED) is 0.639. The highest BCUT2D eigenvalue weighted by Crippen LogP contribution is 2.24. The van der Waals surface area contributed by atoms with Gasteiger partial charge < -0.3 is 4.74 Å². The Kier molecular flexibility index (Phi) is 5.23. The van der Waals surface area contributed by atoms with Gasteiger partial charge in [0.05, 0.1) is 7.11 Å². The van der Waals surface area contributed by atoms with E-state index in [9.17, 15) is 0 Å². The summed E-state index contributed by atoms with van der Waals surface area (Å²) in [6.45, 7) is 4.45. The minimum atomic E-state index is 1.06. The van der Waals surface area contributed by atoms with Crippen molar-refractivity contribution in [2.45, 2.75) is 46.0 Å². The summed E-state index contributed by atoms with van der Waals surface area (Å²) in [6.07, 6.45) is 6.10. The normalized spacial score (nSPS) is 10.3. The molecule has 0 aliphatic rings. The van der Waals surface area contributed by atoms with E-state index in [0.29, 0.717) is 0 Å². The highest BCUT2D eigenvalue weighted by Gasteiger charge is 2.06. The smallest absolute Gasteiger partial charge is 0.122 e. The van der Waals surface area contributed by atoms with Crippen LogP contribution in [0, 0.1) is 0 Å². The lowest BCUT2D eigenvalue weighted by molar-refractivity contribution is 0.408. The summed E-state index contributed by atoms with van der Waals surface area (Å²) < 4.78 is 5.42. The van der Waals surface area contributed by atoms with Crippen molar-refractivity contribution < 1.29 is 4.74 Å². The molecule has 1 aromatic rings. The third kappa shape index (κ3) is 3.26. The molecule has 0 saturated heterocycles. The summed E-state index contributed by atoms with van der Waals surface area (Å²) in [5, 5.41) is 0. The van der Waals surface area contributed by atoms with Crippen LogP contribution in [0.4, 0.5) is 0 Å². The van der Waals surface area contributed by atoms with Crippen LogP contribution < -0.4 is 4.74 Å². The Balaban J connectivity index is 2.80. The van der Waals surface area contributed by atoms with Crippen molar-refractivity contribution in [2.24, 2.45) is 0 Å². The number of hydrogen-bond acceptors (Lipinski definition) is 1. The Morgan fingerprint density at radius 1 is 1.13 bits per heavy atom. The molecule has 0 atom stereocenters. The molecule has 0 aliphatic heterocycles. The second-order valence-corrected chi connectivity index (χ2v) is 3.91. The maximum absolute atomic E-state index is 5.42. The van der Waals surface area contributed by atoms with Gasteiger partial charge in [-0.2, -0.15) is 0 Å². The first kappa shape index (κ1) is 12.1. The summed E-state index contributed by atoms with van der Waals surface area (Å²) in [7, 11) is 1.76. The van der Waals surface area contributed by atoms with E-state index in [-0.39, 0.29) is 0 Å². The maximum atomic E-state index is 5.42. The number of ether oxygens (including phenoxy) is 1. The van der Waals surface area contributed by atoms with E-state index in [1.165, 1.54) is 30.4 Å². The average molecular weight is 206 g/mol. The largest absolute Gasteiger partial charge is 0.496 e. The summed E-state index contributed by atoms with van der Waals surface area (Å²) in [6, 6.07) is 6.37. The number of methoxy groups -OCH3 is 1. The second-order valence-electron chi connectivity index (χ2n) is 3.91. The molecular formula is C14H22O. The fraction of sp³-hybridized carbons (Fsp3) is 0.571. The summed E-state index contributed by atoms with van der Waals surface area (Å²) >= 11 is 0. The van der Waals surface area contributed by atoms with Crippen LogP contribution in [0.5, 0.6) is 5.75 Å². The van der Waals surface area contributed by atoms with E-state index in [4.69, 9.17) is 4.74 Å². The van der Waals surface area contributed by atoms with E-state index in [0.717, 1.165) is 18.6 Å². The highest BCUT2D eigenvalue weighted by atomic mass is 16.5. The van der Waals surface area contributed by atoms with Crippen molar-refractivity contribution in [1.29, 1.82) is 0 Å². The Hall–Kier alpha value is -0.980. The molecule has 1 heteroatoms. The van der Waals surface area contributed by atoms with Gasteiger partial charge >= 0.3 is 0 Å². The molecule has 0 heterocycles. The van der Waals surface area contributed by atoms with Gasteiger partial charge in [0, 0.05) is 0 Å². The van der Waals surface area contributed by atoms with Gasteiger partial charge in [-0.15, -0.1) is 0 Å². The summed E-state index contributed by atoms with van der Waals surface area (Å²) in [4.78, 5) is 0. The lowest BCUT2D eigenvalue weighted by Crippen LogP contribution is -1.97. The van der Waals surface area contributed by atoms with E-state index < -0.39 is 0 Å². The van der Waals surface area contributed by atoms with Crippen molar-refractivity contribution in [3.8, 4) is 5.75 Å². The third-order valence-corrected chi connectivity index (χ3v) is 2.86. The fourth-order valence-electron chi connectivity index (χ4n) is 1.97. The van der Waals surface area contributed by atoms with Gasteiger partial charge in [0.1, 0.15) is 5.75 Å². The molecule has 0 aliphatic carbocycles. The number of benzene rings is 1. The summed E-state index contributed by atoms with van der Waals surface area (Å²) in [5.74, 6) is 1.06. The van der Waals surface area contributed by atoms with Gasteiger partial charge in [0.25, 0.3) is 0 Å². The number of hydrogen-bond donors (Lipinski definition) is 0. The van der Waals surface area contributed by atoms with Crippen molar-refractivity contribution >= 4 is 0 Å². The number of unbranched alkanes of at least 4 members (excludes halogenated alkanes) is 2. The zero-order valence-electron chi connectivity index (χ0n) is 10.2. The maximum Gasteiger partial charge on any atom is 0.122 e. The van der Waals surface area contributed by atoms with Crippen LogP contribution in [0.25, 0.3) is 0 Å². The Morgan fingerprint density at radius 3 is 2.53 bits per heavy atom. The van der Waals surface area contributed by atoms with Crippen molar-refractivity contribution in [1.82, 2.24) is 0 Å². The summed E-state index contributed by atoms with van der Waals surface area (Å²) in [5.41, 5.74) is 2.85. The fourth-order valence-corrected chi connectivity index (χ4v) is 1.97. The van der Waals surface area contributed by atoms with E-state index in [1.54, 1.807) is 7.11 Å². The molecule has 15 heavy (non-hydrogen) atoms. The number of aryl methyl sites for hydroxylation is 1. The lowest BCUT2D eigenvalue weighted by atomic mass is 9.98. The monoisotopic (exact) mass is 206 g/mol. The van der Waals surface area contributed by atoms with E-state index in [2.05, 4.69) is 32.0 Å². The van der Waals surface area contributed by atoms with Crippen LogP contribution in [-0.4, -0.2) is 7.11 Å². The lowest BCUT2D eigenvalue weighted by Gasteiger charge is -2.12. The van der Waals surface area contributed by atoms with E-state index >= 15 is 0 Å². The van der Waals surface area contributed by atoms with Gasteiger partial charge in [-0.3, -0.25) is 0 Å². The molecule has 0 fully saturated rings. The minimum absolute atomic E-state index is 1.06. The predicted octanol–water partition coefficient (Wildman–Crippen LogP) is 3.99. The van der Waals surface area contributed by atoms with Crippen molar-refractivity contribution in [3.05, 3.63) is 29.3 Å². The second kappa shape index (κ2) is 6.49. The highest BCUT2D eigenvalue weighted by molar-refractivity contribution is 5.40. The van der Waals surface area contributed by atoms with Crippen LogP contribution in [-0.2, 0) is 12.8 Å². The van der Waals surface area contributed by atoms with Gasteiger partial charge in [-0.1, -0.05) is 38.8 Å². The van der Waals surface area contributed by atoms with Crippen LogP contribution in [0.3, 0.4) is 0 Å². The molecule has 0 spiro atoms. The van der Waals surface area contributed by atoms with Gasteiger partial charge in [-0.25, -0.2) is 0 Å². The Morgan fingerprint density at radius 2 is 1.93 bits per heavy atom. The zero-order chi connectivity index (χ0) is 11.1. The molecule has 1 aromatic carbocycles. The molecule has 0 N–H and O–H groups in total. The van der Waals surface area contributed by atoms with Crippen LogP contribution in [0.2, 0.25) is 0 Å². The molecule has 0 bridgehead atoms. The average Bonchev–Trinajstić information content (AvgIpc) is 2.29. The topological polar surface area (TPSA) is 9.23 Å². The number of rotatable bonds is 6. The molecule has 84 valence electrons. The SMILES string of the molecule is CCCCCc1c(CC)cccc1OC. The minimum Gasteiger partial charge on any atom is -0.496 e. The van der Waals surface area contributed by atoms with Crippen LogP contribution in [0.15, 0.2) is 18.2 Å². The first-order chi connectivity index (χ1) is 7.33. The third-order valence-electron chi connectivity index (χ3n) is 2.86. The molecule has 0 unspecified atom stereocenters. The molecule has 0 radical (unpaired) electrons. The predicted molar refractivity (Wildman–Crippen MR) is 65.6 cm³/mol.